The van der Waals surface area contributed by atoms with Gasteiger partial charge in [-0.15, -0.1) is 10.2 Å². The number of rotatable bonds is 4. The third-order valence-corrected chi connectivity index (χ3v) is 6.09. The highest BCUT2D eigenvalue weighted by atomic mass is 16.6. The lowest BCUT2D eigenvalue weighted by molar-refractivity contribution is -0.385. The van der Waals surface area contributed by atoms with Gasteiger partial charge in [0.15, 0.2) is 0 Å². The minimum absolute atomic E-state index is 0.0316. The molecule has 4 fully saturated rings. The van der Waals surface area contributed by atoms with Gasteiger partial charge >= 0.3 is 5.69 Å². The third kappa shape index (κ3) is 2.16. The minimum atomic E-state index is -0.460. The van der Waals surface area contributed by atoms with E-state index in [-0.39, 0.29) is 17.6 Å². The second-order valence-corrected chi connectivity index (χ2v) is 7.85. The molecule has 8 nitrogen and oxygen atoms in total. The molecule has 2 aromatic rings. The average molecular weight is 329 g/mol. The van der Waals surface area contributed by atoms with Crippen LogP contribution in [0.5, 0.6) is 0 Å². The Kier molecular flexibility index (Phi) is 2.87. The molecule has 0 atom stereocenters. The van der Waals surface area contributed by atoms with E-state index in [0.717, 1.165) is 23.6 Å². The Labute approximate surface area is 138 Å². The van der Waals surface area contributed by atoms with Crippen LogP contribution in [0.4, 0.5) is 5.69 Å². The highest BCUT2D eigenvalue weighted by Gasteiger charge is 2.54. The van der Waals surface area contributed by atoms with Crippen LogP contribution in [0.3, 0.4) is 0 Å². The first-order chi connectivity index (χ1) is 11.6. The predicted molar refractivity (Wildman–Crippen MR) is 82.1 cm³/mol. The first kappa shape index (κ1) is 14.1. The van der Waals surface area contributed by atoms with Crippen LogP contribution in [0.25, 0.3) is 0 Å². The molecule has 0 aliphatic heterocycles. The van der Waals surface area contributed by atoms with E-state index in [9.17, 15) is 10.1 Å². The topological polar surface area (TPSA) is 99.9 Å². The molecule has 2 aromatic heterocycles. The molecule has 0 radical (unpaired) electrons. The number of nitro groups is 1. The van der Waals surface area contributed by atoms with Crippen LogP contribution in [-0.2, 0) is 12.0 Å². The average Bonchev–Trinajstić information content (AvgIpc) is 3.16. The van der Waals surface area contributed by atoms with Gasteiger partial charge in [0.25, 0.3) is 0 Å². The zero-order chi connectivity index (χ0) is 16.3. The molecule has 126 valence electrons. The molecular weight excluding hydrogens is 310 g/mol. The molecule has 4 bridgehead atoms. The van der Waals surface area contributed by atoms with E-state index in [1.165, 1.54) is 55.6 Å². The van der Waals surface area contributed by atoms with Crippen molar-refractivity contribution in [3.8, 4) is 0 Å². The van der Waals surface area contributed by atoms with Crippen LogP contribution in [0.15, 0.2) is 16.8 Å². The van der Waals surface area contributed by atoms with Gasteiger partial charge in [-0.05, 0) is 56.3 Å². The highest BCUT2D eigenvalue weighted by Crippen LogP contribution is 2.60. The van der Waals surface area contributed by atoms with Crippen molar-refractivity contribution < 1.29 is 9.34 Å². The molecule has 6 rings (SSSR count). The smallest absolute Gasteiger partial charge is 0.307 e. The van der Waals surface area contributed by atoms with Gasteiger partial charge in [-0.3, -0.25) is 14.8 Å². The molecule has 0 amide bonds. The van der Waals surface area contributed by atoms with Crippen LogP contribution in [0.1, 0.15) is 50.3 Å². The van der Waals surface area contributed by atoms with Crippen LogP contribution >= 0.6 is 0 Å². The number of hydrogen-bond acceptors (Lipinski definition) is 6. The summed E-state index contributed by atoms with van der Waals surface area (Å²) in [6.07, 6.45) is 10.3. The number of hydrogen-bond donors (Lipinski definition) is 0. The zero-order valence-corrected chi connectivity index (χ0v) is 13.3. The van der Waals surface area contributed by atoms with Gasteiger partial charge in [-0.25, -0.2) is 0 Å². The standard InChI is InChI=1S/C16H19N5O3/c22-21(23)13-7-17-20(8-13)9-14-18-19-15(24-14)16-4-10-1-11(5-16)3-12(2-10)6-16/h7-8,10-12H,1-6,9H2. The van der Waals surface area contributed by atoms with Crippen LogP contribution in [-0.4, -0.2) is 24.9 Å². The largest absolute Gasteiger partial charge is 0.423 e. The maximum Gasteiger partial charge on any atom is 0.307 e. The summed E-state index contributed by atoms with van der Waals surface area (Å²) in [5.41, 5.74) is 0.0478. The van der Waals surface area contributed by atoms with Gasteiger partial charge in [0, 0.05) is 5.41 Å². The van der Waals surface area contributed by atoms with Crippen molar-refractivity contribution in [1.82, 2.24) is 20.0 Å². The lowest BCUT2D eigenvalue weighted by Gasteiger charge is -2.55. The van der Waals surface area contributed by atoms with Gasteiger partial charge < -0.3 is 4.42 Å². The Balaban J connectivity index is 1.38. The van der Waals surface area contributed by atoms with E-state index in [4.69, 9.17) is 4.42 Å². The Morgan fingerprint density at radius 3 is 2.46 bits per heavy atom. The number of aromatic nitrogens is 4. The maximum absolute atomic E-state index is 10.7. The molecule has 0 spiro atoms. The van der Waals surface area contributed by atoms with E-state index < -0.39 is 4.92 Å². The van der Waals surface area contributed by atoms with Gasteiger partial charge in [-0.1, -0.05) is 0 Å². The third-order valence-electron chi connectivity index (χ3n) is 6.09. The second kappa shape index (κ2) is 4.87. The molecule has 4 aliphatic rings. The summed E-state index contributed by atoms with van der Waals surface area (Å²) >= 11 is 0. The van der Waals surface area contributed by atoms with E-state index in [1.807, 2.05) is 0 Å². The summed E-state index contributed by atoms with van der Waals surface area (Å²) in [7, 11) is 0. The van der Waals surface area contributed by atoms with Crippen molar-refractivity contribution in [2.24, 2.45) is 17.8 Å². The fourth-order valence-corrected chi connectivity index (χ4v) is 5.58. The van der Waals surface area contributed by atoms with Crippen LogP contribution in [0, 0.1) is 27.9 Å². The van der Waals surface area contributed by atoms with Crippen LogP contribution in [0.2, 0.25) is 0 Å². The highest BCUT2D eigenvalue weighted by molar-refractivity contribution is 5.21. The van der Waals surface area contributed by atoms with Gasteiger partial charge in [-0.2, -0.15) is 5.10 Å². The summed E-state index contributed by atoms with van der Waals surface area (Å²) in [5, 5.41) is 23.2. The number of nitrogens with zero attached hydrogens (tertiary/aromatic N) is 5. The summed E-state index contributed by atoms with van der Waals surface area (Å²) in [4.78, 5) is 10.3. The Morgan fingerprint density at radius 1 is 1.21 bits per heavy atom. The van der Waals surface area contributed by atoms with Crippen molar-refractivity contribution in [3.05, 3.63) is 34.3 Å². The van der Waals surface area contributed by atoms with E-state index in [1.54, 1.807) is 0 Å². The molecule has 4 saturated carbocycles. The molecular formula is C16H19N5O3. The molecule has 2 heterocycles. The molecule has 8 heteroatoms. The first-order valence-electron chi connectivity index (χ1n) is 8.59. The fourth-order valence-electron chi connectivity index (χ4n) is 5.58. The van der Waals surface area contributed by atoms with Gasteiger partial charge in [0.05, 0.1) is 4.92 Å². The normalized spacial score (nSPS) is 33.9. The summed E-state index contributed by atoms with van der Waals surface area (Å²) < 4.78 is 7.46. The first-order valence-corrected chi connectivity index (χ1v) is 8.59. The van der Waals surface area contributed by atoms with E-state index in [2.05, 4.69) is 15.3 Å². The molecule has 0 aromatic carbocycles. The SMILES string of the molecule is O=[N+]([O-])c1cnn(Cc2nnc(C34CC5CC(CC(C5)C3)C4)o2)c1. The summed E-state index contributed by atoms with van der Waals surface area (Å²) in [5.74, 6) is 3.71. The lowest BCUT2D eigenvalue weighted by atomic mass is 9.49. The quantitative estimate of drug-likeness (QED) is 0.631. The second-order valence-electron chi connectivity index (χ2n) is 7.85. The Hall–Kier alpha value is -2.25. The van der Waals surface area contributed by atoms with Crippen molar-refractivity contribution in [2.45, 2.75) is 50.5 Å². The molecule has 0 saturated heterocycles. The lowest BCUT2D eigenvalue weighted by Crippen LogP contribution is -2.48. The maximum atomic E-state index is 10.7. The monoisotopic (exact) mass is 329 g/mol. The van der Waals surface area contributed by atoms with Gasteiger partial charge in [0.2, 0.25) is 11.8 Å². The van der Waals surface area contributed by atoms with Crippen LogP contribution < -0.4 is 0 Å². The van der Waals surface area contributed by atoms with Crippen molar-refractivity contribution in [1.29, 1.82) is 0 Å². The van der Waals surface area contributed by atoms with Crippen molar-refractivity contribution >= 4 is 5.69 Å². The molecule has 4 aliphatic carbocycles. The van der Waals surface area contributed by atoms with Crippen molar-refractivity contribution in [2.75, 3.05) is 0 Å². The Morgan fingerprint density at radius 2 is 1.88 bits per heavy atom. The predicted octanol–water partition coefficient (Wildman–Crippen LogP) is 2.69. The molecule has 0 N–H and O–H groups in total. The van der Waals surface area contributed by atoms with Gasteiger partial charge in [0.1, 0.15) is 18.9 Å². The van der Waals surface area contributed by atoms with Crippen molar-refractivity contribution in [3.63, 3.8) is 0 Å². The summed E-state index contributed by atoms with van der Waals surface area (Å²) in [6.45, 7) is 0.271. The minimum Gasteiger partial charge on any atom is -0.423 e. The fraction of sp³-hybridized carbons (Fsp3) is 0.688. The molecule has 24 heavy (non-hydrogen) atoms. The summed E-state index contributed by atoms with van der Waals surface area (Å²) in [6, 6.07) is 0. The van der Waals surface area contributed by atoms with E-state index in [0.29, 0.717) is 5.89 Å². The Bertz CT molecular complexity index is 760. The van der Waals surface area contributed by atoms with E-state index >= 15 is 0 Å². The zero-order valence-electron chi connectivity index (χ0n) is 13.3. The molecule has 0 unspecified atom stereocenters.